The summed E-state index contributed by atoms with van der Waals surface area (Å²) in [6.45, 7) is 3.77. The molecule has 2 N–H and O–H groups in total. The van der Waals surface area contributed by atoms with Crippen LogP contribution in [0.1, 0.15) is 35.5 Å². The number of rotatable bonds is 7. The van der Waals surface area contributed by atoms with Crippen molar-refractivity contribution in [3.63, 3.8) is 0 Å². The topological polar surface area (TPSA) is 71.8 Å². The van der Waals surface area contributed by atoms with Crippen LogP contribution in [-0.4, -0.2) is 20.8 Å². The van der Waals surface area contributed by atoms with Crippen LogP contribution in [0.4, 0.5) is 23.7 Å². The summed E-state index contributed by atoms with van der Waals surface area (Å²) < 4.78 is 40.2. The first-order valence-electron chi connectivity index (χ1n) is 11.1. The van der Waals surface area contributed by atoms with Crippen LogP contribution in [0.15, 0.2) is 84.0 Å². The van der Waals surface area contributed by atoms with Gasteiger partial charge in [0.05, 0.1) is 11.6 Å². The number of hydrogen-bond acceptors (Lipinski definition) is 4. The molecule has 0 saturated heterocycles. The van der Waals surface area contributed by atoms with Crippen molar-refractivity contribution in [1.29, 1.82) is 0 Å². The van der Waals surface area contributed by atoms with Gasteiger partial charge in [-0.25, -0.2) is 4.79 Å². The first kappa shape index (κ1) is 25.3. The average Bonchev–Trinajstić information content (AvgIpc) is 3.28. The Labute approximate surface area is 211 Å². The highest BCUT2D eigenvalue weighted by atomic mass is 32.2. The Hall–Kier alpha value is -3.79. The van der Waals surface area contributed by atoms with Crippen LogP contribution in [0.25, 0.3) is 5.69 Å². The lowest BCUT2D eigenvalue weighted by atomic mass is 10.2. The number of carbonyl (C=O) groups excluding carboxylic acids is 1. The number of aryl methyl sites for hydroxylation is 1. The van der Waals surface area contributed by atoms with Crippen molar-refractivity contribution in [1.82, 2.24) is 20.1 Å². The number of aromatic nitrogens is 3. The number of alkyl halides is 3. The van der Waals surface area contributed by atoms with Crippen LogP contribution in [0.3, 0.4) is 0 Å². The van der Waals surface area contributed by atoms with Crippen molar-refractivity contribution in [3.05, 3.63) is 101 Å². The maximum Gasteiger partial charge on any atom is 0.416 e. The van der Waals surface area contributed by atoms with Crippen molar-refractivity contribution < 1.29 is 18.0 Å². The maximum atomic E-state index is 12.8. The molecule has 0 aliphatic carbocycles. The van der Waals surface area contributed by atoms with Crippen LogP contribution in [0, 0.1) is 6.92 Å². The van der Waals surface area contributed by atoms with Gasteiger partial charge in [-0.1, -0.05) is 59.8 Å². The molecule has 0 radical (unpaired) electrons. The standard InChI is InChI=1S/C26H24F3N5OS/c1-17-8-14-22(15-9-17)34-23(32-33-25(34)36-16-19-6-4-3-5-7-19)18(2)30-24(35)31-21-12-10-20(11-13-21)26(27,28)29/h3-15,18H,16H2,1-2H3,(H2,30,31,35). The third-order valence-electron chi connectivity index (χ3n) is 5.37. The normalized spacial score (nSPS) is 12.2. The Morgan fingerprint density at radius 2 is 1.64 bits per heavy atom. The highest BCUT2D eigenvalue weighted by molar-refractivity contribution is 7.98. The lowest BCUT2D eigenvalue weighted by Crippen LogP contribution is -2.32. The second kappa shape index (κ2) is 10.9. The van der Waals surface area contributed by atoms with Gasteiger partial charge in [-0.2, -0.15) is 13.2 Å². The molecule has 0 fully saturated rings. The molecular formula is C26H24F3N5OS. The Balaban J connectivity index is 1.52. The van der Waals surface area contributed by atoms with Gasteiger partial charge in [-0.05, 0) is 55.8 Å². The molecule has 0 aliphatic rings. The zero-order chi connectivity index (χ0) is 25.7. The number of urea groups is 1. The number of carbonyl (C=O) groups is 1. The Kier molecular flexibility index (Phi) is 7.64. The van der Waals surface area contributed by atoms with Crippen molar-refractivity contribution in [2.75, 3.05) is 5.32 Å². The van der Waals surface area contributed by atoms with E-state index in [1.165, 1.54) is 23.9 Å². The molecule has 0 aliphatic heterocycles. The molecular weight excluding hydrogens is 487 g/mol. The van der Waals surface area contributed by atoms with Crippen molar-refractivity contribution in [3.8, 4) is 5.69 Å². The molecule has 10 heteroatoms. The number of nitrogens with zero attached hydrogens (tertiary/aromatic N) is 3. The van der Waals surface area contributed by atoms with Crippen molar-refractivity contribution in [2.24, 2.45) is 0 Å². The molecule has 1 unspecified atom stereocenters. The molecule has 1 heterocycles. The van der Waals surface area contributed by atoms with Crippen LogP contribution < -0.4 is 10.6 Å². The second-order valence-corrected chi connectivity index (χ2v) is 9.12. The van der Waals surface area contributed by atoms with E-state index in [4.69, 9.17) is 0 Å². The van der Waals surface area contributed by atoms with E-state index in [2.05, 4.69) is 20.8 Å². The summed E-state index contributed by atoms with van der Waals surface area (Å²) in [6, 6.07) is 21.0. The summed E-state index contributed by atoms with van der Waals surface area (Å²) in [5.74, 6) is 1.22. The number of hydrogen-bond donors (Lipinski definition) is 2. The van der Waals surface area contributed by atoms with E-state index in [0.29, 0.717) is 16.7 Å². The van der Waals surface area contributed by atoms with Crippen LogP contribution >= 0.6 is 11.8 Å². The molecule has 1 atom stereocenters. The zero-order valence-electron chi connectivity index (χ0n) is 19.6. The number of amides is 2. The lowest BCUT2D eigenvalue weighted by Gasteiger charge is -2.17. The van der Waals surface area contributed by atoms with Crippen molar-refractivity contribution in [2.45, 2.75) is 37.0 Å². The highest BCUT2D eigenvalue weighted by Gasteiger charge is 2.30. The third-order valence-corrected chi connectivity index (χ3v) is 6.37. The van der Waals surface area contributed by atoms with Gasteiger partial charge in [0.25, 0.3) is 0 Å². The molecule has 2 amide bonds. The Morgan fingerprint density at radius 1 is 0.972 bits per heavy atom. The van der Waals surface area contributed by atoms with E-state index >= 15 is 0 Å². The summed E-state index contributed by atoms with van der Waals surface area (Å²) in [5.41, 5.74) is 2.56. The molecule has 186 valence electrons. The molecule has 3 aromatic carbocycles. The molecule has 4 rings (SSSR count). The van der Waals surface area contributed by atoms with Crippen LogP contribution in [0.5, 0.6) is 0 Å². The van der Waals surface area contributed by atoms with Gasteiger partial charge >= 0.3 is 12.2 Å². The van der Waals surface area contributed by atoms with Gasteiger partial charge in [0.15, 0.2) is 11.0 Å². The maximum absolute atomic E-state index is 12.8. The zero-order valence-corrected chi connectivity index (χ0v) is 20.4. The lowest BCUT2D eigenvalue weighted by molar-refractivity contribution is -0.137. The second-order valence-electron chi connectivity index (χ2n) is 8.18. The number of anilines is 1. The number of benzene rings is 3. The first-order valence-corrected chi connectivity index (χ1v) is 12.1. The molecule has 6 nitrogen and oxygen atoms in total. The predicted molar refractivity (Wildman–Crippen MR) is 134 cm³/mol. The Bertz CT molecular complexity index is 1310. The molecule has 1 aromatic heterocycles. The minimum atomic E-state index is -4.44. The number of nitrogens with one attached hydrogen (secondary N) is 2. The van der Waals surface area contributed by atoms with Gasteiger partial charge in [0.2, 0.25) is 0 Å². The fraction of sp³-hybridized carbons (Fsp3) is 0.192. The fourth-order valence-corrected chi connectivity index (χ4v) is 4.40. The minimum absolute atomic E-state index is 0.242. The van der Waals surface area contributed by atoms with E-state index in [1.807, 2.05) is 66.1 Å². The summed E-state index contributed by atoms with van der Waals surface area (Å²) in [6.07, 6.45) is -4.44. The van der Waals surface area contributed by atoms with Crippen LogP contribution in [-0.2, 0) is 11.9 Å². The van der Waals surface area contributed by atoms with Crippen LogP contribution in [0.2, 0.25) is 0 Å². The SMILES string of the molecule is Cc1ccc(-n2c(SCc3ccccc3)nnc2C(C)NC(=O)Nc2ccc(C(F)(F)F)cc2)cc1. The van der Waals surface area contributed by atoms with E-state index in [-0.39, 0.29) is 5.69 Å². The Morgan fingerprint density at radius 3 is 2.28 bits per heavy atom. The minimum Gasteiger partial charge on any atom is -0.328 e. The number of thioether (sulfide) groups is 1. The van der Waals surface area contributed by atoms with Gasteiger partial charge in [-0.3, -0.25) is 4.57 Å². The first-order chi connectivity index (χ1) is 17.2. The summed E-state index contributed by atoms with van der Waals surface area (Å²) in [7, 11) is 0. The largest absolute Gasteiger partial charge is 0.416 e. The van der Waals surface area contributed by atoms with Gasteiger partial charge in [-0.15, -0.1) is 10.2 Å². The van der Waals surface area contributed by atoms with E-state index in [0.717, 1.165) is 28.9 Å². The average molecular weight is 512 g/mol. The smallest absolute Gasteiger partial charge is 0.328 e. The molecule has 0 saturated carbocycles. The quantitative estimate of drug-likeness (QED) is 0.269. The molecule has 0 bridgehead atoms. The number of halogens is 3. The monoisotopic (exact) mass is 511 g/mol. The van der Waals surface area contributed by atoms with E-state index in [9.17, 15) is 18.0 Å². The summed E-state index contributed by atoms with van der Waals surface area (Å²) in [4.78, 5) is 12.6. The molecule has 36 heavy (non-hydrogen) atoms. The fourth-order valence-electron chi connectivity index (χ4n) is 3.48. The predicted octanol–water partition coefficient (Wildman–Crippen LogP) is 6.77. The van der Waals surface area contributed by atoms with Crippen molar-refractivity contribution >= 4 is 23.5 Å². The van der Waals surface area contributed by atoms with Gasteiger partial charge in [0, 0.05) is 17.1 Å². The van der Waals surface area contributed by atoms with E-state index in [1.54, 1.807) is 6.92 Å². The van der Waals surface area contributed by atoms with Gasteiger partial charge < -0.3 is 10.6 Å². The molecule has 0 spiro atoms. The van der Waals surface area contributed by atoms with E-state index < -0.39 is 23.8 Å². The summed E-state index contributed by atoms with van der Waals surface area (Å²) >= 11 is 1.53. The molecule has 4 aromatic rings. The van der Waals surface area contributed by atoms with Gasteiger partial charge in [0.1, 0.15) is 0 Å². The third kappa shape index (κ3) is 6.25. The summed E-state index contributed by atoms with van der Waals surface area (Å²) in [5, 5.41) is 14.8. The highest BCUT2D eigenvalue weighted by Crippen LogP contribution is 2.30.